The third kappa shape index (κ3) is 3.37. The first kappa shape index (κ1) is 19.1. The van der Waals surface area contributed by atoms with Gasteiger partial charge in [-0.05, 0) is 61.9 Å². The summed E-state index contributed by atoms with van der Waals surface area (Å²) in [5.74, 6) is 1.43. The van der Waals surface area contributed by atoms with Crippen LogP contribution in [0.2, 0.25) is 0 Å². The zero-order valence-corrected chi connectivity index (χ0v) is 17.4. The van der Waals surface area contributed by atoms with Crippen molar-refractivity contribution in [2.75, 3.05) is 23.4 Å². The van der Waals surface area contributed by atoms with Gasteiger partial charge in [0.1, 0.15) is 5.82 Å². The molecule has 0 fully saturated rings. The summed E-state index contributed by atoms with van der Waals surface area (Å²) in [7, 11) is 1.83. The van der Waals surface area contributed by atoms with Crippen LogP contribution in [-0.2, 0) is 12.8 Å². The van der Waals surface area contributed by atoms with E-state index in [1.54, 1.807) is 4.90 Å². The van der Waals surface area contributed by atoms with Crippen LogP contribution in [0.25, 0.3) is 0 Å². The lowest BCUT2D eigenvalue weighted by atomic mass is 10.0. The van der Waals surface area contributed by atoms with Crippen LogP contribution in [0.4, 0.5) is 17.3 Å². The summed E-state index contributed by atoms with van der Waals surface area (Å²) in [6.07, 6.45) is 5.53. The lowest BCUT2D eigenvalue weighted by molar-refractivity contribution is 0.0994. The SMILES string of the molecule is CCN1c2ncc(CCc3ccccc3)cc2C(=O)N(C)c2c1ncc(C)c2C. The molecule has 0 N–H and O–H groups in total. The summed E-state index contributed by atoms with van der Waals surface area (Å²) in [5, 5.41) is 0. The van der Waals surface area contributed by atoms with Crippen molar-refractivity contribution in [2.45, 2.75) is 33.6 Å². The van der Waals surface area contributed by atoms with Gasteiger partial charge in [-0.25, -0.2) is 9.97 Å². The molecule has 4 rings (SSSR count). The smallest absolute Gasteiger partial charge is 0.261 e. The number of carbonyl (C=O) groups excluding carboxylic acids is 1. The molecule has 1 amide bonds. The maximum atomic E-state index is 13.4. The fraction of sp³-hybridized carbons (Fsp3) is 0.292. The molecule has 148 valence electrons. The minimum absolute atomic E-state index is 0.0400. The number of aromatic nitrogens is 2. The fourth-order valence-corrected chi connectivity index (χ4v) is 3.89. The Morgan fingerprint density at radius 3 is 2.34 bits per heavy atom. The maximum Gasteiger partial charge on any atom is 0.261 e. The number of amides is 1. The van der Waals surface area contributed by atoms with Crippen LogP contribution in [0, 0.1) is 13.8 Å². The number of anilines is 3. The Bertz CT molecular complexity index is 1060. The molecule has 5 heteroatoms. The lowest BCUT2D eigenvalue weighted by Crippen LogP contribution is -2.26. The Kier molecular flexibility index (Phi) is 5.05. The van der Waals surface area contributed by atoms with Crippen molar-refractivity contribution in [3.8, 4) is 0 Å². The predicted molar refractivity (Wildman–Crippen MR) is 117 cm³/mol. The van der Waals surface area contributed by atoms with E-state index in [9.17, 15) is 4.79 Å². The van der Waals surface area contributed by atoms with Crippen LogP contribution in [-0.4, -0.2) is 29.5 Å². The van der Waals surface area contributed by atoms with E-state index in [1.807, 2.05) is 50.3 Å². The molecule has 2 aromatic heterocycles. The first-order chi connectivity index (χ1) is 14.0. The molecule has 0 spiro atoms. The average Bonchev–Trinajstić information content (AvgIpc) is 2.83. The molecule has 1 aromatic carbocycles. The second kappa shape index (κ2) is 7.66. The first-order valence-electron chi connectivity index (χ1n) is 10.1. The van der Waals surface area contributed by atoms with Gasteiger partial charge in [0.25, 0.3) is 5.91 Å². The number of benzene rings is 1. The van der Waals surface area contributed by atoms with E-state index < -0.39 is 0 Å². The minimum atomic E-state index is -0.0400. The molecule has 5 nitrogen and oxygen atoms in total. The van der Waals surface area contributed by atoms with Crippen molar-refractivity contribution in [1.29, 1.82) is 0 Å². The van der Waals surface area contributed by atoms with E-state index in [1.165, 1.54) is 5.56 Å². The number of fused-ring (bicyclic) bond motifs is 2. The van der Waals surface area contributed by atoms with Gasteiger partial charge >= 0.3 is 0 Å². The lowest BCUT2D eigenvalue weighted by Gasteiger charge is -2.25. The summed E-state index contributed by atoms with van der Waals surface area (Å²) < 4.78 is 0. The fourth-order valence-electron chi connectivity index (χ4n) is 3.89. The number of nitrogens with zero attached hydrogens (tertiary/aromatic N) is 4. The highest BCUT2D eigenvalue weighted by atomic mass is 16.2. The van der Waals surface area contributed by atoms with Gasteiger partial charge in [-0.2, -0.15) is 0 Å². The minimum Gasteiger partial charge on any atom is -0.309 e. The van der Waals surface area contributed by atoms with Crippen molar-refractivity contribution >= 4 is 23.2 Å². The highest BCUT2D eigenvalue weighted by molar-refractivity contribution is 6.13. The molecule has 0 saturated heterocycles. The normalized spacial score (nSPS) is 13.2. The van der Waals surface area contributed by atoms with Crippen LogP contribution < -0.4 is 9.80 Å². The predicted octanol–water partition coefficient (Wildman–Crippen LogP) is 4.63. The number of aryl methyl sites for hydroxylation is 3. The van der Waals surface area contributed by atoms with E-state index in [-0.39, 0.29) is 5.91 Å². The molecule has 1 aliphatic heterocycles. The zero-order valence-electron chi connectivity index (χ0n) is 17.4. The quantitative estimate of drug-likeness (QED) is 0.656. The van der Waals surface area contributed by atoms with Crippen molar-refractivity contribution in [1.82, 2.24) is 9.97 Å². The summed E-state index contributed by atoms with van der Waals surface area (Å²) in [4.78, 5) is 26.5. The molecule has 0 unspecified atom stereocenters. The monoisotopic (exact) mass is 386 g/mol. The Morgan fingerprint density at radius 2 is 1.62 bits per heavy atom. The zero-order chi connectivity index (χ0) is 20.5. The van der Waals surface area contributed by atoms with E-state index in [2.05, 4.69) is 36.2 Å². The summed E-state index contributed by atoms with van der Waals surface area (Å²) >= 11 is 0. The van der Waals surface area contributed by atoms with Gasteiger partial charge < -0.3 is 9.80 Å². The molecular formula is C24H26N4O. The van der Waals surface area contributed by atoms with Gasteiger partial charge in [0, 0.05) is 26.0 Å². The average molecular weight is 386 g/mol. The second-order valence-corrected chi connectivity index (χ2v) is 7.55. The third-order valence-corrected chi connectivity index (χ3v) is 5.71. The molecular weight excluding hydrogens is 360 g/mol. The van der Waals surface area contributed by atoms with Gasteiger partial charge in [0.05, 0.1) is 11.3 Å². The number of rotatable bonds is 4. The standard InChI is InChI=1S/C24H26N4O/c1-5-28-22-20(13-19(15-26-22)12-11-18-9-7-6-8-10-18)24(29)27(4)21-17(3)16(2)14-25-23(21)28/h6-10,13-15H,5,11-12H2,1-4H3. The number of carbonyl (C=O) groups is 1. The first-order valence-corrected chi connectivity index (χ1v) is 10.1. The third-order valence-electron chi connectivity index (χ3n) is 5.71. The largest absolute Gasteiger partial charge is 0.309 e. The van der Waals surface area contributed by atoms with Gasteiger partial charge in [-0.15, -0.1) is 0 Å². The van der Waals surface area contributed by atoms with E-state index in [0.717, 1.165) is 41.0 Å². The molecule has 0 aliphatic carbocycles. The molecule has 29 heavy (non-hydrogen) atoms. The summed E-state index contributed by atoms with van der Waals surface area (Å²) in [6.45, 7) is 6.82. The van der Waals surface area contributed by atoms with Gasteiger partial charge in [-0.1, -0.05) is 30.3 Å². The van der Waals surface area contributed by atoms with Gasteiger partial charge in [0.2, 0.25) is 0 Å². The number of hydrogen-bond donors (Lipinski definition) is 0. The van der Waals surface area contributed by atoms with E-state index >= 15 is 0 Å². The summed E-state index contributed by atoms with van der Waals surface area (Å²) in [6, 6.07) is 12.4. The van der Waals surface area contributed by atoms with Crippen LogP contribution in [0.3, 0.4) is 0 Å². The van der Waals surface area contributed by atoms with Gasteiger partial charge in [0.15, 0.2) is 5.82 Å². The topological polar surface area (TPSA) is 49.3 Å². The van der Waals surface area contributed by atoms with Crippen molar-refractivity contribution < 1.29 is 4.79 Å². The second-order valence-electron chi connectivity index (χ2n) is 7.55. The Balaban J connectivity index is 1.75. The van der Waals surface area contributed by atoms with Crippen LogP contribution in [0.15, 0.2) is 48.8 Å². The molecule has 0 atom stereocenters. The Labute approximate surface area is 172 Å². The van der Waals surface area contributed by atoms with E-state index in [4.69, 9.17) is 4.98 Å². The maximum absolute atomic E-state index is 13.4. The molecule has 0 saturated carbocycles. The molecule has 0 radical (unpaired) electrons. The van der Waals surface area contributed by atoms with Crippen LogP contribution in [0.1, 0.15) is 39.5 Å². The number of pyridine rings is 2. The van der Waals surface area contributed by atoms with Crippen molar-refractivity contribution in [3.63, 3.8) is 0 Å². The molecule has 1 aliphatic rings. The van der Waals surface area contributed by atoms with Crippen LogP contribution >= 0.6 is 0 Å². The van der Waals surface area contributed by atoms with Crippen molar-refractivity contribution in [2.24, 2.45) is 0 Å². The molecule has 3 aromatic rings. The van der Waals surface area contributed by atoms with E-state index in [0.29, 0.717) is 17.9 Å². The molecule has 0 bridgehead atoms. The summed E-state index contributed by atoms with van der Waals surface area (Å²) in [5.41, 5.74) is 5.99. The number of hydrogen-bond acceptors (Lipinski definition) is 4. The highest BCUT2D eigenvalue weighted by Crippen LogP contribution is 2.40. The Hall–Kier alpha value is -3.21. The van der Waals surface area contributed by atoms with Crippen molar-refractivity contribution in [3.05, 3.63) is 76.6 Å². The molecule has 3 heterocycles. The Morgan fingerprint density at radius 1 is 0.931 bits per heavy atom. The van der Waals surface area contributed by atoms with Crippen LogP contribution in [0.5, 0.6) is 0 Å². The highest BCUT2D eigenvalue weighted by Gasteiger charge is 2.32. The van der Waals surface area contributed by atoms with Gasteiger partial charge in [-0.3, -0.25) is 4.79 Å².